The summed E-state index contributed by atoms with van der Waals surface area (Å²) in [5.41, 5.74) is 11.1. The van der Waals surface area contributed by atoms with Gasteiger partial charge >= 0.3 is 0 Å². The second-order valence-corrected chi connectivity index (χ2v) is 10.5. The van der Waals surface area contributed by atoms with Crippen molar-refractivity contribution in [1.82, 2.24) is 14.9 Å². The zero-order valence-electron chi connectivity index (χ0n) is 21.6. The van der Waals surface area contributed by atoms with Crippen LogP contribution in [0.1, 0.15) is 29.1 Å². The fraction of sp³-hybridized carbons (Fsp3) is 0.333. The number of amides is 1. The van der Waals surface area contributed by atoms with E-state index < -0.39 is 5.91 Å². The van der Waals surface area contributed by atoms with Crippen molar-refractivity contribution < 1.29 is 9.53 Å². The number of aromatic nitrogens is 2. The van der Waals surface area contributed by atoms with Crippen molar-refractivity contribution >= 4 is 56.7 Å². The number of H-pyrrole nitrogens is 1. The van der Waals surface area contributed by atoms with Gasteiger partial charge < -0.3 is 31.0 Å². The van der Waals surface area contributed by atoms with Crippen molar-refractivity contribution in [3.8, 4) is 5.75 Å². The number of fused-ring (bicyclic) bond motifs is 1. The number of benzene rings is 1. The molecule has 5 rings (SSSR count). The van der Waals surface area contributed by atoms with E-state index in [0.29, 0.717) is 16.6 Å². The topological polar surface area (TPSA) is 112 Å². The molecular weight excluding hydrogens is 486 g/mol. The molecule has 0 atom stereocenters. The van der Waals surface area contributed by atoms with Crippen LogP contribution in [0.5, 0.6) is 5.75 Å². The minimum absolute atomic E-state index is 0.457. The average molecular weight is 520 g/mol. The zero-order chi connectivity index (χ0) is 26.1. The molecule has 1 fully saturated rings. The van der Waals surface area contributed by atoms with E-state index in [0.717, 1.165) is 60.0 Å². The normalized spacial score (nSPS) is 14.4. The molecule has 1 aliphatic rings. The first-order chi connectivity index (χ1) is 17.8. The Labute approximate surface area is 220 Å². The van der Waals surface area contributed by atoms with Crippen molar-refractivity contribution in [2.24, 2.45) is 5.73 Å². The summed E-state index contributed by atoms with van der Waals surface area (Å²) < 4.78 is 5.79. The van der Waals surface area contributed by atoms with Gasteiger partial charge in [0.05, 0.1) is 42.1 Å². The van der Waals surface area contributed by atoms with Crippen LogP contribution in [0.25, 0.3) is 10.9 Å². The van der Waals surface area contributed by atoms with Crippen LogP contribution < -0.4 is 26.0 Å². The van der Waals surface area contributed by atoms with Gasteiger partial charge in [0.15, 0.2) is 0 Å². The highest BCUT2D eigenvalue weighted by atomic mass is 32.1. The third-order valence-corrected chi connectivity index (χ3v) is 7.81. The Morgan fingerprint density at radius 1 is 1.11 bits per heavy atom. The number of nitrogens with zero attached hydrogens (tertiary/aromatic N) is 3. The average Bonchev–Trinajstić information content (AvgIpc) is 3.51. The lowest BCUT2D eigenvalue weighted by atomic mass is 10.1. The van der Waals surface area contributed by atoms with Crippen LogP contribution in [0, 0.1) is 6.92 Å². The second-order valence-electron chi connectivity index (χ2n) is 9.56. The van der Waals surface area contributed by atoms with Gasteiger partial charge in [0.2, 0.25) is 0 Å². The molecule has 0 saturated carbocycles. The van der Waals surface area contributed by atoms with E-state index in [2.05, 4.69) is 63.3 Å². The maximum absolute atomic E-state index is 11.7. The first-order valence-corrected chi connectivity index (χ1v) is 13.3. The summed E-state index contributed by atoms with van der Waals surface area (Å²) in [6.07, 6.45) is 3.51. The molecular formula is C27H33N7O2S. The SMILES string of the molecule is COc1cc(N2CCN(C(C)C)CC2)c(C)cc1Nc1cc2c(Nc3ccsc3C(N)=O)cncc2[nH]1. The van der Waals surface area contributed by atoms with E-state index in [1.165, 1.54) is 22.6 Å². The van der Waals surface area contributed by atoms with Gasteiger partial charge in [0.1, 0.15) is 16.4 Å². The number of carbonyl (C=O) groups excluding carboxylic acids is 1. The van der Waals surface area contributed by atoms with E-state index in [9.17, 15) is 4.79 Å². The monoisotopic (exact) mass is 519 g/mol. The predicted octanol–water partition coefficient (Wildman–Crippen LogP) is 5.06. The summed E-state index contributed by atoms with van der Waals surface area (Å²) in [4.78, 5) is 24.9. The summed E-state index contributed by atoms with van der Waals surface area (Å²) in [6, 6.07) is 8.69. The van der Waals surface area contributed by atoms with Crippen molar-refractivity contribution in [3.05, 3.63) is 52.5 Å². The Bertz CT molecular complexity index is 1420. The number of anilines is 5. The van der Waals surface area contributed by atoms with Gasteiger partial charge in [-0.05, 0) is 49.9 Å². The molecule has 1 saturated heterocycles. The summed E-state index contributed by atoms with van der Waals surface area (Å²) >= 11 is 1.31. The molecule has 0 bridgehead atoms. The fourth-order valence-electron chi connectivity index (χ4n) is 4.87. The van der Waals surface area contributed by atoms with Gasteiger partial charge in [-0.2, -0.15) is 0 Å². The molecule has 0 unspecified atom stereocenters. The molecule has 0 radical (unpaired) electrons. The Morgan fingerprint density at radius 3 is 2.59 bits per heavy atom. The molecule has 4 aromatic rings. The summed E-state index contributed by atoms with van der Waals surface area (Å²) in [7, 11) is 1.70. The minimum Gasteiger partial charge on any atom is -0.494 e. The number of nitrogens with one attached hydrogen (secondary N) is 3. The Balaban J connectivity index is 1.39. The molecule has 1 amide bonds. The number of aryl methyl sites for hydroxylation is 1. The molecule has 194 valence electrons. The number of aromatic amines is 1. The van der Waals surface area contributed by atoms with E-state index in [4.69, 9.17) is 10.5 Å². The van der Waals surface area contributed by atoms with Gasteiger partial charge in [-0.25, -0.2) is 0 Å². The fourth-order valence-corrected chi connectivity index (χ4v) is 5.57. The maximum Gasteiger partial charge on any atom is 0.260 e. The van der Waals surface area contributed by atoms with Gasteiger partial charge in [-0.1, -0.05) is 0 Å². The minimum atomic E-state index is -0.457. The first-order valence-electron chi connectivity index (χ1n) is 12.4. The number of hydrogen-bond donors (Lipinski definition) is 4. The molecule has 9 nitrogen and oxygen atoms in total. The Kier molecular flexibility index (Phi) is 6.94. The molecule has 4 heterocycles. The molecule has 37 heavy (non-hydrogen) atoms. The number of thiophene rings is 1. The summed E-state index contributed by atoms with van der Waals surface area (Å²) in [6.45, 7) is 10.8. The van der Waals surface area contributed by atoms with Crippen molar-refractivity contribution in [3.63, 3.8) is 0 Å². The van der Waals surface area contributed by atoms with Gasteiger partial charge in [-0.3, -0.25) is 14.7 Å². The molecule has 3 aromatic heterocycles. The van der Waals surface area contributed by atoms with Crippen LogP contribution in [-0.4, -0.2) is 60.1 Å². The quantitative estimate of drug-likeness (QED) is 0.258. The highest BCUT2D eigenvalue weighted by molar-refractivity contribution is 7.12. The molecule has 5 N–H and O–H groups in total. The summed E-state index contributed by atoms with van der Waals surface area (Å²) in [5, 5.41) is 9.57. The number of carbonyl (C=O) groups is 1. The number of ether oxygens (including phenoxy) is 1. The van der Waals surface area contributed by atoms with Gasteiger partial charge in [0.25, 0.3) is 5.91 Å². The number of rotatable bonds is 8. The van der Waals surface area contributed by atoms with E-state index in [-0.39, 0.29) is 0 Å². The van der Waals surface area contributed by atoms with Gasteiger partial charge in [0, 0.05) is 49.4 Å². The van der Waals surface area contributed by atoms with Crippen molar-refractivity contribution in [1.29, 1.82) is 0 Å². The standard InChI is InChI=1S/C27H33N7O2S/c1-16(2)33-6-8-34(9-7-33)23-13-24(36-4)20(11-17(23)3)31-25-12-18-21(14-29-15-22(18)32-25)30-19-5-10-37-26(19)27(28)35/h5,10-16,30-32H,6-9H2,1-4H3,(H2,28,35). The highest BCUT2D eigenvalue weighted by Gasteiger charge is 2.22. The van der Waals surface area contributed by atoms with Crippen LogP contribution in [0.3, 0.4) is 0 Å². The third kappa shape index (κ3) is 5.07. The third-order valence-electron chi connectivity index (χ3n) is 6.88. The Morgan fingerprint density at radius 2 is 1.89 bits per heavy atom. The number of nitrogens with two attached hydrogens (primary N) is 1. The zero-order valence-corrected chi connectivity index (χ0v) is 22.4. The predicted molar refractivity (Wildman–Crippen MR) is 152 cm³/mol. The smallest absolute Gasteiger partial charge is 0.260 e. The molecule has 1 aromatic carbocycles. The Hall–Kier alpha value is -3.76. The van der Waals surface area contributed by atoms with Crippen LogP contribution in [0.2, 0.25) is 0 Å². The van der Waals surface area contributed by atoms with E-state index >= 15 is 0 Å². The van der Waals surface area contributed by atoms with Crippen LogP contribution in [0.4, 0.5) is 28.6 Å². The number of primary amides is 1. The number of piperazine rings is 1. The van der Waals surface area contributed by atoms with Crippen LogP contribution >= 0.6 is 11.3 Å². The highest BCUT2D eigenvalue weighted by Crippen LogP contribution is 2.37. The summed E-state index contributed by atoms with van der Waals surface area (Å²) in [5.74, 6) is 1.13. The number of hydrogen-bond acceptors (Lipinski definition) is 8. The lowest BCUT2D eigenvalue weighted by molar-refractivity contribution is 0.100. The van der Waals surface area contributed by atoms with Crippen molar-refractivity contribution in [2.75, 3.05) is 48.8 Å². The second kappa shape index (κ2) is 10.3. The molecule has 0 aliphatic carbocycles. The number of methoxy groups -OCH3 is 1. The molecule has 10 heteroatoms. The number of pyridine rings is 1. The van der Waals surface area contributed by atoms with E-state index in [1.807, 2.05) is 17.5 Å². The lowest BCUT2D eigenvalue weighted by Crippen LogP contribution is -2.49. The van der Waals surface area contributed by atoms with Crippen LogP contribution in [-0.2, 0) is 0 Å². The van der Waals surface area contributed by atoms with Gasteiger partial charge in [-0.15, -0.1) is 11.3 Å². The lowest BCUT2D eigenvalue weighted by Gasteiger charge is -2.38. The van der Waals surface area contributed by atoms with E-state index in [1.54, 1.807) is 19.5 Å². The molecule has 0 spiro atoms. The van der Waals surface area contributed by atoms with Crippen LogP contribution in [0.15, 0.2) is 42.0 Å². The first kappa shape index (κ1) is 24.9. The molecule has 1 aliphatic heterocycles. The maximum atomic E-state index is 11.7. The van der Waals surface area contributed by atoms with Crippen molar-refractivity contribution in [2.45, 2.75) is 26.8 Å². The largest absolute Gasteiger partial charge is 0.494 e.